The highest BCUT2D eigenvalue weighted by molar-refractivity contribution is 5.69. The molecule has 0 aromatic carbocycles. The summed E-state index contributed by atoms with van der Waals surface area (Å²) in [6.07, 6.45) is 12.0. The normalized spacial score (nSPS) is 26.9. The molecule has 0 aliphatic heterocycles. The molecule has 1 fully saturated rings. The molecule has 1 heterocycles. The monoisotopic (exact) mass is 406 g/mol. The second-order valence-corrected chi connectivity index (χ2v) is 8.08. The van der Waals surface area contributed by atoms with Crippen LogP contribution in [0.5, 0.6) is 0 Å². The molecule has 29 heavy (non-hydrogen) atoms. The molecule has 162 valence electrons. The summed E-state index contributed by atoms with van der Waals surface area (Å²) in [4.78, 5) is 11.1. The van der Waals surface area contributed by atoms with Gasteiger partial charge in [0, 0.05) is 25.2 Å². The molecule has 0 unspecified atom stereocenters. The van der Waals surface area contributed by atoms with E-state index in [-0.39, 0.29) is 17.8 Å². The van der Waals surface area contributed by atoms with Gasteiger partial charge >= 0.3 is 5.97 Å². The van der Waals surface area contributed by atoms with E-state index in [9.17, 15) is 20.1 Å². The SMILES string of the molecule is COC(=O)CCC/C=C\C[C@@H]1[C@@H](/C=C/[C@@](C)(O)CCc2ccco2)[C@H](O)C[C@@H]1O. The minimum absolute atomic E-state index is 0.0982. The van der Waals surface area contributed by atoms with E-state index < -0.39 is 17.8 Å². The van der Waals surface area contributed by atoms with Crippen molar-refractivity contribution in [3.05, 3.63) is 48.5 Å². The average molecular weight is 407 g/mol. The highest BCUT2D eigenvalue weighted by Crippen LogP contribution is 2.37. The van der Waals surface area contributed by atoms with Crippen LogP contribution in [0.25, 0.3) is 0 Å². The van der Waals surface area contributed by atoms with E-state index in [1.165, 1.54) is 7.11 Å². The van der Waals surface area contributed by atoms with Crippen LogP contribution < -0.4 is 0 Å². The van der Waals surface area contributed by atoms with E-state index in [4.69, 9.17) is 4.42 Å². The number of hydrogen-bond donors (Lipinski definition) is 3. The Kier molecular flexibility index (Phi) is 9.14. The number of ether oxygens (including phenoxy) is 1. The van der Waals surface area contributed by atoms with Crippen molar-refractivity contribution >= 4 is 5.97 Å². The highest BCUT2D eigenvalue weighted by atomic mass is 16.5. The second-order valence-electron chi connectivity index (χ2n) is 8.08. The molecule has 0 spiro atoms. The molecule has 1 saturated carbocycles. The van der Waals surface area contributed by atoms with Crippen LogP contribution in [-0.4, -0.2) is 46.2 Å². The molecule has 5 atom stereocenters. The van der Waals surface area contributed by atoms with Gasteiger partial charge in [-0.3, -0.25) is 4.79 Å². The van der Waals surface area contributed by atoms with Gasteiger partial charge in [-0.2, -0.15) is 0 Å². The summed E-state index contributed by atoms with van der Waals surface area (Å²) in [5.41, 5.74) is -1.02. The Morgan fingerprint density at radius 3 is 2.83 bits per heavy atom. The molecule has 0 radical (unpaired) electrons. The number of carbonyl (C=O) groups excluding carboxylic acids is 1. The first-order valence-corrected chi connectivity index (χ1v) is 10.3. The number of furan rings is 1. The van der Waals surface area contributed by atoms with Crippen molar-refractivity contribution in [1.82, 2.24) is 0 Å². The second kappa shape index (κ2) is 11.3. The van der Waals surface area contributed by atoms with Crippen LogP contribution in [0.4, 0.5) is 0 Å². The van der Waals surface area contributed by atoms with Gasteiger partial charge in [0.1, 0.15) is 5.76 Å². The number of carbonyl (C=O) groups is 1. The van der Waals surface area contributed by atoms with E-state index in [1.807, 2.05) is 30.4 Å². The molecule has 1 aliphatic rings. The van der Waals surface area contributed by atoms with Crippen LogP contribution in [-0.2, 0) is 16.0 Å². The molecule has 0 amide bonds. The highest BCUT2D eigenvalue weighted by Gasteiger charge is 2.39. The molecule has 0 bridgehead atoms. The topological polar surface area (TPSA) is 100 Å². The molecule has 6 heteroatoms. The molecular formula is C23H34O6. The number of aliphatic hydroxyl groups is 3. The van der Waals surface area contributed by atoms with Gasteiger partial charge in [0.2, 0.25) is 0 Å². The molecule has 0 saturated heterocycles. The molecule has 1 aliphatic carbocycles. The van der Waals surface area contributed by atoms with Crippen LogP contribution in [0.3, 0.4) is 0 Å². The average Bonchev–Trinajstić information content (AvgIpc) is 3.29. The van der Waals surface area contributed by atoms with Crippen molar-refractivity contribution in [1.29, 1.82) is 0 Å². The van der Waals surface area contributed by atoms with Crippen molar-refractivity contribution in [2.75, 3.05) is 7.11 Å². The number of aliphatic hydroxyl groups excluding tert-OH is 2. The van der Waals surface area contributed by atoms with Gasteiger partial charge in [0.15, 0.2) is 0 Å². The third-order valence-corrected chi connectivity index (χ3v) is 5.61. The molecule has 3 N–H and O–H groups in total. The summed E-state index contributed by atoms with van der Waals surface area (Å²) in [7, 11) is 1.38. The fraction of sp³-hybridized carbons (Fsp3) is 0.609. The van der Waals surface area contributed by atoms with E-state index in [2.05, 4.69) is 4.74 Å². The Morgan fingerprint density at radius 2 is 2.14 bits per heavy atom. The fourth-order valence-electron chi connectivity index (χ4n) is 3.78. The maximum Gasteiger partial charge on any atom is 0.305 e. The standard InChI is InChI=1S/C23H34O6/c1-23(27,13-11-17-8-7-15-29-17)14-12-19-18(20(24)16-21(19)25)9-5-3-4-6-10-22(26)28-2/h3,5,7-8,12,14-15,18-21,24-25,27H,4,6,9-11,13,16H2,1-2H3/b5-3-,14-12+/t18-,19-,20+,21-,23+/m1/s1. The summed E-state index contributed by atoms with van der Waals surface area (Å²) in [5.74, 6) is 0.307. The Hall–Kier alpha value is -1.89. The predicted octanol–water partition coefficient (Wildman–Crippen LogP) is 3.17. The Balaban J connectivity index is 1.86. The number of allylic oxidation sites excluding steroid dienone is 2. The van der Waals surface area contributed by atoms with Gasteiger partial charge < -0.3 is 24.5 Å². The molecule has 6 nitrogen and oxygen atoms in total. The van der Waals surface area contributed by atoms with Crippen molar-refractivity contribution in [2.45, 2.75) is 69.7 Å². The zero-order valence-electron chi connectivity index (χ0n) is 17.4. The first-order valence-electron chi connectivity index (χ1n) is 10.3. The first kappa shape index (κ1) is 23.4. The minimum atomic E-state index is -1.02. The lowest BCUT2D eigenvalue weighted by Crippen LogP contribution is -2.24. The number of rotatable bonds is 11. The van der Waals surface area contributed by atoms with E-state index >= 15 is 0 Å². The van der Waals surface area contributed by atoms with Crippen LogP contribution in [0, 0.1) is 11.8 Å². The van der Waals surface area contributed by atoms with Gasteiger partial charge in [-0.05, 0) is 50.7 Å². The largest absolute Gasteiger partial charge is 0.469 e. The number of unbranched alkanes of at least 4 members (excludes halogenated alkanes) is 1. The maximum atomic E-state index is 11.1. The van der Waals surface area contributed by atoms with Crippen LogP contribution >= 0.6 is 0 Å². The number of methoxy groups -OCH3 is 1. The third-order valence-electron chi connectivity index (χ3n) is 5.61. The van der Waals surface area contributed by atoms with Crippen LogP contribution in [0.2, 0.25) is 0 Å². The van der Waals surface area contributed by atoms with Gasteiger partial charge in [0.05, 0.1) is 31.2 Å². The van der Waals surface area contributed by atoms with E-state index in [1.54, 1.807) is 19.3 Å². The number of aryl methyl sites for hydroxylation is 1. The van der Waals surface area contributed by atoms with Crippen LogP contribution in [0.1, 0.15) is 51.2 Å². The van der Waals surface area contributed by atoms with Gasteiger partial charge in [-0.15, -0.1) is 0 Å². The van der Waals surface area contributed by atoms with Gasteiger partial charge in [-0.25, -0.2) is 0 Å². The van der Waals surface area contributed by atoms with Crippen molar-refractivity contribution in [3.8, 4) is 0 Å². The lowest BCUT2D eigenvalue weighted by Gasteiger charge is -2.23. The maximum absolute atomic E-state index is 11.1. The van der Waals surface area contributed by atoms with Crippen molar-refractivity contribution < 1.29 is 29.3 Å². The predicted molar refractivity (Wildman–Crippen MR) is 110 cm³/mol. The van der Waals surface area contributed by atoms with Gasteiger partial charge in [0.25, 0.3) is 0 Å². The zero-order valence-corrected chi connectivity index (χ0v) is 17.4. The Morgan fingerprint density at radius 1 is 1.34 bits per heavy atom. The van der Waals surface area contributed by atoms with Gasteiger partial charge in [-0.1, -0.05) is 24.3 Å². The Labute approximate surface area is 172 Å². The van der Waals surface area contributed by atoms with E-state index in [0.29, 0.717) is 32.1 Å². The van der Waals surface area contributed by atoms with E-state index in [0.717, 1.165) is 18.6 Å². The quantitative estimate of drug-likeness (QED) is 0.296. The summed E-state index contributed by atoms with van der Waals surface area (Å²) in [5, 5.41) is 31.3. The molecule has 1 aromatic heterocycles. The Bertz CT molecular complexity index is 661. The van der Waals surface area contributed by atoms with Crippen molar-refractivity contribution in [2.24, 2.45) is 11.8 Å². The third kappa shape index (κ3) is 7.80. The number of esters is 1. The molecule has 2 rings (SSSR count). The smallest absolute Gasteiger partial charge is 0.305 e. The first-order chi connectivity index (χ1) is 13.8. The summed E-state index contributed by atoms with van der Waals surface area (Å²) < 4.78 is 9.92. The summed E-state index contributed by atoms with van der Waals surface area (Å²) in [6.45, 7) is 1.74. The zero-order chi connectivity index (χ0) is 21.3. The number of hydrogen-bond acceptors (Lipinski definition) is 6. The minimum Gasteiger partial charge on any atom is -0.469 e. The fourth-order valence-corrected chi connectivity index (χ4v) is 3.78. The van der Waals surface area contributed by atoms with Crippen LogP contribution in [0.15, 0.2) is 47.1 Å². The summed E-state index contributed by atoms with van der Waals surface area (Å²) in [6, 6.07) is 3.70. The lowest BCUT2D eigenvalue weighted by atomic mass is 9.88. The molecular weight excluding hydrogens is 372 g/mol. The van der Waals surface area contributed by atoms with Crippen molar-refractivity contribution in [3.63, 3.8) is 0 Å². The summed E-state index contributed by atoms with van der Waals surface area (Å²) >= 11 is 0. The molecule has 1 aromatic rings. The lowest BCUT2D eigenvalue weighted by molar-refractivity contribution is -0.140.